The molecule has 2 aromatic carbocycles. The number of hydrogen-bond acceptors (Lipinski definition) is 2. The van der Waals surface area contributed by atoms with Gasteiger partial charge in [-0.2, -0.15) is 0 Å². The zero-order valence-electron chi connectivity index (χ0n) is 14.0. The fourth-order valence-corrected chi connectivity index (χ4v) is 2.71. The zero-order chi connectivity index (χ0) is 16.7. The highest BCUT2D eigenvalue weighted by molar-refractivity contribution is 5.22. The second-order valence-electron chi connectivity index (χ2n) is 6.22. The third-order valence-electron chi connectivity index (χ3n) is 3.94. The fourth-order valence-electron chi connectivity index (χ4n) is 2.71. The van der Waals surface area contributed by atoms with E-state index < -0.39 is 0 Å². The van der Waals surface area contributed by atoms with E-state index >= 15 is 0 Å². The van der Waals surface area contributed by atoms with Gasteiger partial charge in [-0.15, -0.1) is 0 Å². The van der Waals surface area contributed by atoms with Crippen molar-refractivity contribution < 1.29 is 9.50 Å². The molecule has 124 valence electrons. The van der Waals surface area contributed by atoms with Gasteiger partial charge < -0.3 is 5.11 Å². The Kier molecular flexibility index (Phi) is 6.75. The summed E-state index contributed by atoms with van der Waals surface area (Å²) in [6.07, 6.45) is 1.44. The Labute approximate surface area is 138 Å². The molecule has 2 rings (SSSR count). The van der Waals surface area contributed by atoms with Crippen LogP contribution >= 0.6 is 0 Å². The van der Waals surface area contributed by atoms with Crippen molar-refractivity contribution in [3.8, 4) is 0 Å². The third-order valence-corrected chi connectivity index (χ3v) is 3.94. The van der Waals surface area contributed by atoms with Crippen molar-refractivity contribution in [2.45, 2.75) is 45.9 Å². The van der Waals surface area contributed by atoms with Crippen LogP contribution in [-0.4, -0.2) is 22.7 Å². The quantitative estimate of drug-likeness (QED) is 0.785. The van der Waals surface area contributed by atoms with Crippen LogP contribution in [0.5, 0.6) is 0 Å². The van der Waals surface area contributed by atoms with Crippen molar-refractivity contribution in [2.24, 2.45) is 0 Å². The highest BCUT2D eigenvalue weighted by Crippen LogP contribution is 2.13. The molecule has 2 nitrogen and oxygen atoms in total. The Morgan fingerprint density at radius 1 is 0.957 bits per heavy atom. The first kappa shape index (κ1) is 17.6. The second kappa shape index (κ2) is 8.80. The average molecular weight is 315 g/mol. The predicted molar refractivity (Wildman–Crippen MR) is 92.6 cm³/mol. The lowest BCUT2D eigenvalue weighted by molar-refractivity contribution is 0.0970. The van der Waals surface area contributed by atoms with Crippen LogP contribution in [0.1, 0.15) is 36.5 Å². The number of aliphatic hydroxyl groups excluding tert-OH is 1. The first-order valence-electron chi connectivity index (χ1n) is 8.27. The van der Waals surface area contributed by atoms with Gasteiger partial charge in [-0.25, -0.2) is 4.39 Å². The van der Waals surface area contributed by atoms with E-state index in [1.165, 1.54) is 23.3 Å². The Bertz CT molecular complexity index is 532. The van der Waals surface area contributed by atoms with Crippen LogP contribution in [0, 0.1) is 12.7 Å². The van der Waals surface area contributed by atoms with E-state index in [0.717, 1.165) is 24.9 Å². The van der Waals surface area contributed by atoms with Crippen molar-refractivity contribution >= 4 is 0 Å². The SMILES string of the molecule is CCC[C@@H](O)CN(Cc1ccc(C)cc1)Cc1ccc(F)cc1. The van der Waals surface area contributed by atoms with Gasteiger partial charge in [-0.1, -0.05) is 55.3 Å². The summed E-state index contributed by atoms with van der Waals surface area (Å²) < 4.78 is 13.1. The van der Waals surface area contributed by atoms with Crippen LogP contribution in [0.2, 0.25) is 0 Å². The topological polar surface area (TPSA) is 23.5 Å². The summed E-state index contributed by atoms with van der Waals surface area (Å²) in [5, 5.41) is 10.2. The van der Waals surface area contributed by atoms with Gasteiger partial charge in [-0.05, 0) is 36.6 Å². The van der Waals surface area contributed by atoms with Gasteiger partial charge in [0.25, 0.3) is 0 Å². The maximum Gasteiger partial charge on any atom is 0.123 e. The molecule has 0 aromatic heterocycles. The smallest absolute Gasteiger partial charge is 0.123 e. The standard InChI is InChI=1S/C20H26FNO/c1-3-4-20(23)15-22(13-17-7-5-16(2)6-8-17)14-18-9-11-19(21)12-10-18/h5-12,20,23H,3-4,13-15H2,1-2H3/t20-/m1/s1. The summed E-state index contributed by atoms with van der Waals surface area (Å²) in [6.45, 7) is 6.25. The Hall–Kier alpha value is -1.71. The Morgan fingerprint density at radius 2 is 1.48 bits per heavy atom. The van der Waals surface area contributed by atoms with E-state index in [4.69, 9.17) is 0 Å². The number of aryl methyl sites for hydroxylation is 1. The van der Waals surface area contributed by atoms with Gasteiger partial charge in [0.15, 0.2) is 0 Å². The summed E-state index contributed by atoms with van der Waals surface area (Å²) in [5.74, 6) is -0.218. The minimum absolute atomic E-state index is 0.218. The molecule has 0 radical (unpaired) electrons. The molecule has 0 spiro atoms. The Morgan fingerprint density at radius 3 is 2.00 bits per heavy atom. The lowest BCUT2D eigenvalue weighted by atomic mass is 10.1. The number of benzene rings is 2. The molecule has 0 saturated heterocycles. The van der Waals surface area contributed by atoms with Crippen molar-refractivity contribution in [1.82, 2.24) is 4.90 Å². The molecule has 2 aromatic rings. The molecule has 0 aliphatic rings. The average Bonchev–Trinajstić information content (AvgIpc) is 2.52. The highest BCUT2D eigenvalue weighted by Gasteiger charge is 2.12. The lowest BCUT2D eigenvalue weighted by Gasteiger charge is -2.25. The minimum Gasteiger partial charge on any atom is -0.392 e. The number of halogens is 1. The monoisotopic (exact) mass is 315 g/mol. The molecule has 0 saturated carbocycles. The molecule has 23 heavy (non-hydrogen) atoms. The predicted octanol–water partition coefficient (Wildman–Crippen LogP) is 4.30. The molecule has 1 atom stereocenters. The van der Waals surface area contributed by atoms with E-state index in [1.807, 2.05) is 12.1 Å². The van der Waals surface area contributed by atoms with Gasteiger partial charge in [0, 0.05) is 19.6 Å². The lowest BCUT2D eigenvalue weighted by Crippen LogP contribution is -2.31. The van der Waals surface area contributed by atoms with Crippen LogP contribution < -0.4 is 0 Å². The maximum atomic E-state index is 13.1. The van der Waals surface area contributed by atoms with Crippen LogP contribution in [-0.2, 0) is 13.1 Å². The van der Waals surface area contributed by atoms with Crippen molar-refractivity contribution in [1.29, 1.82) is 0 Å². The summed E-state index contributed by atoms with van der Waals surface area (Å²) in [4.78, 5) is 2.22. The molecular formula is C20H26FNO. The number of hydrogen-bond donors (Lipinski definition) is 1. The van der Waals surface area contributed by atoms with Gasteiger partial charge in [-0.3, -0.25) is 4.90 Å². The van der Waals surface area contributed by atoms with Crippen molar-refractivity contribution in [3.05, 3.63) is 71.0 Å². The first-order chi connectivity index (χ1) is 11.1. The summed E-state index contributed by atoms with van der Waals surface area (Å²) in [7, 11) is 0. The molecule has 0 aliphatic heterocycles. The second-order valence-corrected chi connectivity index (χ2v) is 6.22. The van der Waals surface area contributed by atoms with E-state index in [-0.39, 0.29) is 11.9 Å². The third kappa shape index (κ3) is 6.12. The van der Waals surface area contributed by atoms with Crippen molar-refractivity contribution in [3.63, 3.8) is 0 Å². The van der Waals surface area contributed by atoms with Gasteiger partial charge in [0.05, 0.1) is 6.10 Å². The Balaban J connectivity index is 2.06. The largest absolute Gasteiger partial charge is 0.392 e. The zero-order valence-corrected chi connectivity index (χ0v) is 14.0. The molecule has 0 fully saturated rings. The molecule has 0 amide bonds. The highest BCUT2D eigenvalue weighted by atomic mass is 19.1. The molecule has 0 unspecified atom stereocenters. The normalized spacial score (nSPS) is 12.6. The van der Waals surface area contributed by atoms with Crippen LogP contribution in [0.25, 0.3) is 0 Å². The maximum absolute atomic E-state index is 13.1. The van der Waals surface area contributed by atoms with Crippen LogP contribution in [0.4, 0.5) is 4.39 Å². The van der Waals surface area contributed by atoms with Crippen LogP contribution in [0.15, 0.2) is 48.5 Å². The summed E-state index contributed by atoms with van der Waals surface area (Å²) in [5.41, 5.74) is 3.52. The van der Waals surface area contributed by atoms with Crippen LogP contribution in [0.3, 0.4) is 0 Å². The molecular weight excluding hydrogens is 289 g/mol. The molecule has 0 heterocycles. The van der Waals surface area contributed by atoms with E-state index in [2.05, 4.69) is 43.0 Å². The van der Waals surface area contributed by atoms with Gasteiger partial charge in [0.2, 0.25) is 0 Å². The van der Waals surface area contributed by atoms with Gasteiger partial charge in [0.1, 0.15) is 5.82 Å². The first-order valence-corrected chi connectivity index (χ1v) is 8.27. The molecule has 1 N–H and O–H groups in total. The fraction of sp³-hybridized carbons (Fsp3) is 0.400. The van der Waals surface area contributed by atoms with E-state index in [0.29, 0.717) is 13.1 Å². The molecule has 0 bridgehead atoms. The summed E-state index contributed by atoms with van der Waals surface area (Å²) >= 11 is 0. The number of nitrogens with zero attached hydrogens (tertiary/aromatic N) is 1. The summed E-state index contributed by atoms with van der Waals surface area (Å²) in [6, 6.07) is 15.1. The van der Waals surface area contributed by atoms with E-state index in [1.54, 1.807) is 0 Å². The minimum atomic E-state index is -0.328. The van der Waals surface area contributed by atoms with Gasteiger partial charge >= 0.3 is 0 Å². The van der Waals surface area contributed by atoms with Crippen molar-refractivity contribution in [2.75, 3.05) is 6.54 Å². The number of aliphatic hydroxyl groups is 1. The number of rotatable bonds is 8. The molecule has 0 aliphatic carbocycles. The molecule has 3 heteroatoms. The van der Waals surface area contributed by atoms with E-state index in [9.17, 15) is 9.50 Å².